The van der Waals surface area contributed by atoms with Crippen LogP contribution in [0.15, 0.2) is 48.8 Å². The van der Waals surface area contributed by atoms with E-state index in [1.54, 1.807) is 26.2 Å². The molecule has 8 nitrogen and oxygen atoms in total. The van der Waals surface area contributed by atoms with Gasteiger partial charge in [-0.25, -0.2) is 9.97 Å². The quantitative estimate of drug-likeness (QED) is 0.269. The van der Waals surface area contributed by atoms with Gasteiger partial charge in [-0.15, -0.1) is 0 Å². The van der Waals surface area contributed by atoms with E-state index in [2.05, 4.69) is 25.9 Å². The van der Waals surface area contributed by atoms with Crippen LogP contribution >= 0.6 is 11.6 Å². The molecule has 1 aliphatic carbocycles. The second-order valence-electron chi connectivity index (χ2n) is 9.27. The zero-order valence-corrected chi connectivity index (χ0v) is 22.0. The van der Waals surface area contributed by atoms with Crippen LogP contribution < -0.4 is 16.0 Å². The summed E-state index contributed by atoms with van der Waals surface area (Å²) in [7, 11) is 1.63. The Morgan fingerprint density at radius 3 is 2.54 bits per heavy atom. The van der Waals surface area contributed by atoms with E-state index in [9.17, 15) is 22.8 Å². The molecular weight excluding hydrogens is 535 g/mol. The predicted octanol–water partition coefficient (Wildman–Crippen LogP) is 5.83. The summed E-state index contributed by atoms with van der Waals surface area (Å²) in [6.45, 7) is 3.05. The fourth-order valence-electron chi connectivity index (χ4n) is 4.04. The van der Waals surface area contributed by atoms with E-state index in [-0.39, 0.29) is 17.2 Å². The number of methoxy groups -OCH3 is 1. The molecule has 1 saturated carbocycles. The molecule has 1 heterocycles. The van der Waals surface area contributed by atoms with Gasteiger partial charge in [-0.1, -0.05) is 17.7 Å². The number of halogens is 4. The number of nitrogens with one attached hydrogen (secondary N) is 3. The monoisotopic (exact) mass is 561 g/mol. The Labute approximate surface area is 228 Å². The molecule has 2 aromatic carbocycles. The first kappa shape index (κ1) is 28.3. The summed E-state index contributed by atoms with van der Waals surface area (Å²) in [5, 5.41) is 8.09. The molecule has 0 unspecified atom stereocenters. The smallest absolute Gasteiger partial charge is 0.385 e. The van der Waals surface area contributed by atoms with Crippen LogP contribution in [0, 0.1) is 6.92 Å². The molecule has 3 N–H and O–H groups in total. The first-order valence-electron chi connectivity index (χ1n) is 12.2. The van der Waals surface area contributed by atoms with Crippen molar-refractivity contribution in [2.24, 2.45) is 0 Å². The second-order valence-corrected chi connectivity index (χ2v) is 9.68. The van der Waals surface area contributed by atoms with Gasteiger partial charge < -0.3 is 20.7 Å². The first-order valence-corrected chi connectivity index (χ1v) is 12.6. The number of aryl methyl sites for hydroxylation is 1. The number of hydrogen-bond acceptors (Lipinski definition) is 6. The highest BCUT2D eigenvalue weighted by atomic mass is 35.5. The molecule has 39 heavy (non-hydrogen) atoms. The van der Waals surface area contributed by atoms with Gasteiger partial charge in [-0.05, 0) is 62.1 Å². The summed E-state index contributed by atoms with van der Waals surface area (Å²) in [6.07, 6.45) is -1.24. The number of benzene rings is 2. The molecule has 1 fully saturated rings. The second kappa shape index (κ2) is 11.6. The minimum Gasteiger partial charge on any atom is -0.385 e. The van der Waals surface area contributed by atoms with Gasteiger partial charge in [0.25, 0.3) is 5.91 Å². The lowest BCUT2D eigenvalue weighted by molar-refractivity contribution is -0.137. The summed E-state index contributed by atoms with van der Waals surface area (Å²) in [6, 6.07) is 9.56. The molecule has 1 aromatic heterocycles. The van der Waals surface area contributed by atoms with Crippen molar-refractivity contribution in [2.45, 2.75) is 37.8 Å². The van der Waals surface area contributed by atoms with Crippen LogP contribution in [-0.4, -0.2) is 42.0 Å². The normalized spacial score (nSPS) is 14.0. The van der Waals surface area contributed by atoms with E-state index in [1.807, 2.05) is 0 Å². The summed E-state index contributed by atoms with van der Waals surface area (Å²) in [4.78, 5) is 34.8. The van der Waals surface area contributed by atoms with Gasteiger partial charge in [0.1, 0.15) is 12.1 Å². The number of anilines is 3. The molecule has 12 heteroatoms. The summed E-state index contributed by atoms with van der Waals surface area (Å²) >= 11 is 5.66. The molecular formula is C27H27ClF3N5O3. The van der Waals surface area contributed by atoms with Gasteiger partial charge in [-0.2, -0.15) is 13.2 Å². The van der Waals surface area contributed by atoms with E-state index < -0.39 is 28.1 Å². The molecule has 0 bridgehead atoms. The number of amides is 2. The molecule has 0 aliphatic heterocycles. The Morgan fingerprint density at radius 2 is 1.85 bits per heavy atom. The van der Waals surface area contributed by atoms with E-state index in [0.717, 1.165) is 18.6 Å². The van der Waals surface area contributed by atoms with Gasteiger partial charge in [0.2, 0.25) is 5.91 Å². The zero-order chi connectivity index (χ0) is 28.2. The molecule has 0 radical (unpaired) electrons. The van der Waals surface area contributed by atoms with Gasteiger partial charge in [0.05, 0.1) is 21.7 Å². The van der Waals surface area contributed by atoms with Crippen LogP contribution in [0.25, 0.3) is 0 Å². The standard InChI is InChI=1S/C27H27ClF3N5O3/c1-16-4-5-17(24(37)35-18-6-7-20(28)19(13-18)27(29,30)31)12-21(16)36-25(38)26(8-9-26)22-14-23(34-15-33-22)32-10-3-11-39-2/h4-7,12-15H,3,8-11H2,1-2H3,(H,35,37)(H,36,38)(H,32,33,34). The van der Waals surface area contributed by atoms with Crippen molar-refractivity contribution in [3.8, 4) is 0 Å². The number of ether oxygens (including phenoxy) is 1. The number of aromatic nitrogens is 2. The zero-order valence-electron chi connectivity index (χ0n) is 21.3. The SMILES string of the molecule is COCCCNc1cc(C2(C(=O)Nc3cc(C(=O)Nc4ccc(Cl)c(C(F)(F)F)c4)ccc3C)CC2)ncn1. The van der Waals surface area contributed by atoms with Gasteiger partial charge >= 0.3 is 6.18 Å². The third kappa shape index (κ3) is 6.66. The number of hydrogen-bond donors (Lipinski definition) is 3. The molecule has 206 valence electrons. The molecule has 0 atom stereocenters. The Bertz CT molecular complexity index is 1380. The highest BCUT2D eigenvalue weighted by molar-refractivity contribution is 6.31. The number of alkyl halides is 3. The lowest BCUT2D eigenvalue weighted by Gasteiger charge is -2.17. The molecule has 3 aromatic rings. The van der Waals surface area contributed by atoms with Crippen molar-refractivity contribution in [2.75, 3.05) is 36.2 Å². The Kier molecular flexibility index (Phi) is 8.41. The fourth-order valence-corrected chi connectivity index (χ4v) is 4.26. The minimum absolute atomic E-state index is 0.0600. The van der Waals surface area contributed by atoms with Gasteiger partial charge in [0, 0.05) is 43.3 Å². The third-order valence-corrected chi connectivity index (χ3v) is 6.78. The Morgan fingerprint density at radius 1 is 1.08 bits per heavy atom. The van der Waals surface area contributed by atoms with Crippen LogP contribution in [0.2, 0.25) is 5.02 Å². The van der Waals surface area contributed by atoms with E-state index in [1.165, 1.54) is 24.5 Å². The van der Waals surface area contributed by atoms with Crippen LogP contribution in [0.1, 0.15) is 46.4 Å². The average Bonchev–Trinajstić information content (AvgIpc) is 3.71. The van der Waals surface area contributed by atoms with Crippen molar-refractivity contribution >= 4 is 40.6 Å². The molecule has 0 saturated heterocycles. The van der Waals surface area contributed by atoms with E-state index in [4.69, 9.17) is 16.3 Å². The highest BCUT2D eigenvalue weighted by Crippen LogP contribution is 2.48. The largest absolute Gasteiger partial charge is 0.417 e. The maximum atomic E-state index is 13.4. The van der Waals surface area contributed by atoms with Gasteiger partial charge in [-0.3, -0.25) is 9.59 Å². The molecule has 4 rings (SSSR count). The first-order chi connectivity index (χ1) is 18.5. The van der Waals surface area contributed by atoms with Crippen molar-refractivity contribution in [1.82, 2.24) is 9.97 Å². The fraction of sp³-hybridized carbons (Fsp3) is 0.333. The van der Waals surface area contributed by atoms with E-state index in [0.29, 0.717) is 48.8 Å². The van der Waals surface area contributed by atoms with E-state index >= 15 is 0 Å². The highest BCUT2D eigenvalue weighted by Gasteiger charge is 2.53. The third-order valence-electron chi connectivity index (χ3n) is 6.45. The molecule has 0 spiro atoms. The van der Waals surface area contributed by atoms with Gasteiger partial charge in [0.15, 0.2) is 0 Å². The Hall–Kier alpha value is -3.70. The average molecular weight is 562 g/mol. The predicted molar refractivity (Wildman–Crippen MR) is 142 cm³/mol. The van der Waals surface area contributed by atoms with Crippen molar-refractivity contribution in [3.63, 3.8) is 0 Å². The number of nitrogens with zero attached hydrogens (tertiary/aromatic N) is 2. The van der Waals surface area contributed by atoms with Crippen molar-refractivity contribution in [1.29, 1.82) is 0 Å². The van der Waals surface area contributed by atoms with Crippen LogP contribution in [0.4, 0.5) is 30.4 Å². The number of rotatable bonds is 10. The topological polar surface area (TPSA) is 105 Å². The summed E-state index contributed by atoms with van der Waals surface area (Å²) in [5.41, 5.74) is -0.0362. The Balaban J connectivity index is 1.47. The summed E-state index contributed by atoms with van der Waals surface area (Å²) in [5.74, 6) is -0.289. The number of carbonyl (C=O) groups is 2. The minimum atomic E-state index is -4.66. The van der Waals surface area contributed by atoms with Crippen molar-refractivity contribution < 1.29 is 27.5 Å². The number of carbonyl (C=O) groups excluding carboxylic acids is 2. The maximum absolute atomic E-state index is 13.4. The lowest BCUT2D eigenvalue weighted by atomic mass is 10.00. The van der Waals surface area contributed by atoms with Crippen molar-refractivity contribution in [3.05, 3.63) is 76.2 Å². The summed E-state index contributed by atoms with van der Waals surface area (Å²) < 4.78 is 44.6. The van der Waals surface area contributed by atoms with Crippen LogP contribution in [0.5, 0.6) is 0 Å². The van der Waals surface area contributed by atoms with Crippen LogP contribution in [0.3, 0.4) is 0 Å². The molecule has 1 aliphatic rings. The molecule has 2 amide bonds. The van der Waals surface area contributed by atoms with Crippen LogP contribution in [-0.2, 0) is 21.1 Å². The maximum Gasteiger partial charge on any atom is 0.417 e. The lowest BCUT2D eigenvalue weighted by Crippen LogP contribution is -2.29.